The number of aromatic nitrogens is 1. The van der Waals surface area contributed by atoms with Gasteiger partial charge in [-0.1, -0.05) is 6.07 Å². The average Bonchev–Trinajstić information content (AvgIpc) is 3.06. The maximum absolute atomic E-state index is 12.4. The number of pyridine rings is 1. The van der Waals surface area contributed by atoms with Crippen LogP contribution in [0.25, 0.3) is 0 Å². The van der Waals surface area contributed by atoms with Crippen molar-refractivity contribution in [2.75, 3.05) is 26.2 Å². The molecule has 0 bridgehead atoms. The number of amides is 2. The second-order valence-corrected chi connectivity index (χ2v) is 6.82. The Bertz CT molecular complexity index is 579. The van der Waals surface area contributed by atoms with Crippen LogP contribution in [0.3, 0.4) is 0 Å². The molecule has 6 nitrogen and oxygen atoms in total. The third-order valence-electron chi connectivity index (χ3n) is 4.91. The quantitative estimate of drug-likeness (QED) is 0.758. The van der Waals surface area contributed by atoms with Gasteiger partial charge in [-0.2, -0.15) is 0 Å². The van der Waals surface area contributed by atoms with E-state index < -0.39 is 0 Å². The summed E-state index contributed by atoms with van der Waals surface area (Å²) in [5, 5.41) is 0. The van der Waals surface area contributed by atoms with Gasteiger partial charge in [0.05, 0.1) is 18.4 Å². The molecule has 0 spiro atoms. The minimum absolute atomic E-state index is 0.0832. The zero-order valence-electron chi connectivity index (χ0n) is 14.7. The fourth-order valence-corrected chi connectivity index (χ4v) is 3.51. The van der Waals surface area contributed by atoms with E-state index in [0.29, 0.717) is 32.5 Å². The van der Waals surface area contributed by atoms with Crippen molar-refractivity contribution in [2.45, 2.75) is 51.2 Å². The smallest absolute Gasteiger partial charge is 0.222 e. The van der Waals surface area contributed by atoms with Gasteiger partial charge in [0.1, 0.15) is 0 Å². The molecule has 1 aromatic heterocycles. The lowest BCUT2D eigenvalue weighted by atomic mass is 10.1. The normalized spacial score (nSPS) is 21.0. The highest BCUT2D eigenvalue weighted by atomic mass is 16.5. The third kappa shape index (κ3) is 5.26. The summed E-state index contributed by atoms with van der Waals surface area (Å²) in [5.74, 6) is 0.409. The molecule has 3 rings (SSSR count). The first-order chi connectivity index (χ1) is 12.2. The highest BCUT2D eigenvalue weighted by molar-refractivity contribution is 5.78. The van der Waals surface area contributed by atoms with E-state index in [1.54, 1.807) is 6.20 Å². The Morgan fingerprint density at radius 1 is 1.28 bits per heavy atom. The Morgan fingerprint density at radius 3 is 2.96 bits per heavy atom. The van der Waals surface area contributed by atoms with E-state index in [-0.39, 0.29) is 17.9 Å². The molecule has 2 fully saturated rings. The summed E-state index contributed by atoms with van der Waals surface area (Å²) in [6.07, 6.45) is 6.68. The molecule has 25 heavy (non-hydrogen) atoms. The molecule has 0 aliphatic carbocycles. The number of likely N-dealkylation sites (tertiary alicyclic amines) is 2. The van der Waals surface area contributed by atoms with Crippen LogP contribution in [-0.4, -0.2) is 58.9 Å². The van der Waals surface area contributed by atoms with Gasteiger partial charge in [-0.3, -0.25) is 14.6 Å². The summed E-state index contributed by atoms with van der Waals surface area (Å²) in [7, 11) is 0. The number of rotatable bonds is 7. The van der Waals surface area contributed by atoms with Crippen LogP contribution in [0.15, 0.2) is 24.4 Å². The van der Waals surface area contributed by atoms with Gasteiger partial charge in [-0.05, 0) is 37.8 Å². The zero-order valence-corrected chi connectivity index (χ0v) is 14.7. The molecule has 0 N–H and O–H groups in total. The van der Waals surface area contributed by atoms with E-state index in [1.807, 2.05) is 28.0 Å². The highest BCUT2D eigenvalue weighted by Gasteiger charge is 2.25. The van der Waals surface area contributed by atoms with E-state index in [9.17, 15) is 9.59 Å². The van der Waals surface area contributed by atoms with Crippen LogP contribution in [0.5, 0.6) is 0 Å². The maximum atomic E-state index is 12.4. The molecule has 0 radical (unpaired) electrons. The van der Waals surface area contributed by atoms with Crippen molar-refractivity contribution in [2.24, 2.45) is 0 Å². The molecule has 2 aliphatic rings. The summed E-state index contributed by atoms with van der Waals surface area (Å²) in [5.41, 5.74) is 0.918. The molecule has 0 aromatic carbocycles. The van der Waals surface area contributed by atoms with Crippen LogP contribution in [0.1, 0.15) is 44.2 Å². The van der Waals surface area contributed by atoms with Crippen molar-refractivity contribution in [3.8, 4) is 0 Å². The van der Waals surface area contributed by atoms with Crippen molar-refractivity contribution in [1.82, 2.24) is 14.8 Å². The van der Waals surface area contributed by atoms with Gasteiger partial charge in [-0.15, -0.1) is 0 Å². The van der Waals surface area contributed by atoms with Crippen LogP contribution in [0.4, 0.5) is 0 Å². The SMILES string of the molecule is O=C1CCCN1CCCC(=O)N1CCCC(OCc2ccccn2)C1. The van der Waals surface area contributed by atoms with Gasteiger partial charge in [0.15, 0.2) is 0 Å². The fourth-order valence-electron chi connectivity index (χ4n) is 3.51. The molecule has 1 unspecified atom stereocenters. The number of nitrogens with zero attached hydrogens (tertiary/aromatic N) is 3. The van der Waals surface area contributed by atoms with Gasteiger partial charge in [-0.25, -0.2) is 0 Å². The molecule has 1 aromatic rings. The first-order valence-electron chi connectivity index (χ1n) is 9.29. The van der Waals surface area contributed by atoms with Gasteiger partial charge in [0.2, 0.25) is 11.8 Å². The predicted molar refractivity (Wildman–Crippen MR) is 93.7 cm³/mol. The zero-order chi connectivity index (χ0) is 17.5. The molecule has 1 atom stereocenters. The van der Waals surface area contributed by atoms with Crippen LogP contribution >= 0.6 is 0 Å². The van der Waals surface area contributed by atoms with E-state index in [2.05, 4.69) is 4.98 Å². The van der Waals surface area contributed by atoms with E-state index in [0.717, 1.165) is 44.5 Å². The lowest BCUT2D eigenvalue weighted by Crippen LogP contribution is -2.43. The number of hydrogen-bond acceptors (Lipinski definition) is 4. The Morgan fingerprint density at radius 2 is 2.20 bits per heavy atom. The summed E-state index contributed by atoms with van der Waals surface area (Å²) >= 11 is 0. The van der Waals surface area contributed by atoms with E-state index in [1.165, 1.54) is 0 Å². The average molecular weight is 345 g/mol. The summed E-state index contributed by atoms with van der Waals surface area (Å²) in [6.45, 7) is 3.52. The molecular formula is C19H27N3O3. The van der Waals surface area contributed by atoms with Gasteiger partial charge in [0.25, 0.3) is 0 Å². The van der Waals surface area contributed by atoms with Crippen LogP contribution in [0, 0.1) is 0 Å². The monoisotopic (exact) mass is 345 g/mol. The topological polar surface area (TPSA) is 62.7 Å². The summed E-state index contributed by atoms with van der Waals surface area (Å²) < 4.78 is 5.94. The lowest BCUT2D eigenvalue weighted by Gasteiger charge is -2.33. The first-order valence-corrected chi connectivity index (χ1v) is 9.29. The molecule has 0 saturated carbocycles. The number of ether oxygens (including phenoxy) is 1. The van der Waals surface area contributed by atoms with E-state index in [4.69, 9.17) is 4.74 Å². The van der Waals surface area contributed by atoms with Crippen molar-refractivity contribution in [3.63, 3.8) is 0 Å². The molecule has 3 heterocycles. The third-order valence-corrected chi connectivity index (χ3v) is 4.91. The van der Waals surface area contributed by atoms with Crippen LogP contribution in [-0.2, 0) is 20.9 Å². The van der Waals surface area contributed by atoms with E-state index >= 15 is 0 Å². The Balaban J connectivity index is 1.38. The fraction of sp³-hybridized carbons (Fsp3) is 0.632. The van der Waals surface area contributed by atoms with Crippen molar-refractivity contribution >= 4 is 11.8 Å². The molecule has 2 amide bonds. The molecule has 6 heteroatoms. The molecular weight excluding hydrogens is 318 g/mol. The highest BCUT2D eigenvalue weighted by Crippen LogP contribution is 2.17. The summed E-state index contributed by atoms with van der Waals surface area (Å²) in [6, 6.07) is 5.79. The molecule has 2 saturated heterocycles. The largest absolute Gasteiger partial charge is 0.370 e. The molecule has 2 aliphatic heterocycles. The van der Waals surface area contributed by atoms with Crippen molar-refractivity contribution in [1.29, 1.82) is 0 Å². The minimum Gasteiger partial charge on any atom is -0.370 e. The van der Waals surface area contributed by atoms with Crippen molar-refractivity contribution in [3.05, 3.63) is 30.1 Å². The second-order valence-electron chi connectivity index (χ2n) is 6.82. The Labute approximate surface area is 149 Å². The van der Waals surface area contributed by atoms with Gasteiger partial charge in [0, 0.05) is 45.2 Å². The van der Waals surface area contributed by atoms with Crippen LogP contribution in [0.2, 0.25) is 0 Å². The predicted octanol–water partition coefficient (Wildman–Crippen LogP) is 1.99. The molecule has 136 valence electrons. The van der Waals surface area contributed by atoms with Crippen LogP contribution < -0.4 is 0 Å². The Kier molecular flexibility index (Phi) is 6.39. The van der Waals surface area contributed by atoms with Gasteiger partial charge < -0.3 is 14.5 Å². The number of piperidine rings is 1. The summed E-state index contributed by atoms with van der Waals surface area (Å²) in [4.78, 5) is 32.1. The van der Waals surface area contributed by atoms with Crippen molar-refractivity contribution < 1.29 is 14.3 Å². The standard InChI is InChI=1S/C19H27N3O3/c23-18-8-4-11-21(18)12-5-9-19(24)22-13-3-7-17(14-22)25-15-16-6-1-2-10-20-16/h1-2,6,10,17H,3-5,7-9,11-15H2. The maximum Gasteiger partial charge on any atom is 0.222 e. The second kappa shape index (κ2) is 8.94. The lowest BCUT2D eigenvalue weighted by molar-refractivity contribution is -0.136. The Hall–Kier alpha value is -1.95. The number of carbonyl (C=O) groups excluding carboxylic acids is 2. The minimum atomic E-state index is 0.0832. The van der Waals surface area contributed by atoms with Gasteiger partial charge >= 0.3 is 0 Å². The number of carbonyl (C=O) groups is 2. The first kappa shape index (κ1) is 17.9. The number of hydrogen-bond donors (Lipinski definition) is 0.